The summed E-state index contributed by atoms with van der Waals surface area (Å²) in [6, 6.07) is 20.4. The molecular formula is C27H26N2O. The Kier molecular flexibility index (Phi) is 6.09. The maximum absolute atomic E-state index is 6.25. The third kappa shape index (κ3) is 4.20. The Morgan fingerprint density at radius 1 is 0.967 bits per heavy atom. The minimum atomic E-state index is 0.778. The van der Waals surface area contributed by atoms with Gasteiger partial charge in [-0.2, -0.15) is 0 Å². The van der Waals surface area contributed by atoms with E-state index in [1.807, 2.05) is 49.4 Å². The highest BCUT2D eigenvalue weighted by Crippen LogP contribution is 2.33. The van der Waals surface area contributed by atoms with Gasteiger partial charge in [0, 0.05) is 35.0 Å². The fourth-order valence-corrected chi connectivity index (χ4v) is 3.71. The Hall–Kier alpha value is -3.59. The predicted molar refractivity (Wildman–Crippen MR) is 125 cm³/mol. The van der Waals surface area contributed by atoms with Crippen LogP contribution in [0.5, 0.6) is 0 Å². The molecule has 0 aliphatic heterocycles. The SMILES string of the molecule is C=Cc1[nH]cc(CCCc2nc(-c3ccccc3)c(-c3ccccc3)o2)c1/C=C\C. The van der Waals surface area contributed by atoms with Crippen LogP contribution < -0.4 is 0 Å². The molecule has 30 heavy (non-hydrogen) atoms. The molecular weight excluding hydrogens is 368 g/mol. The first-order valence-corrected chi connectivity index (χ1v) is 10.4. The molecule has 0 aliphatic rings. The average molecular weight is 395 g/mol. The van der Waals surface area contributed by atoms with Crippen molar-refractivity contribution in [3.63, 3.8) is 0 Å². The van der Waals surface area contributed by atoms with Gasteiger partial charge in [0.1, 0.15) is 5.69 Å². The lowest BCUT2D eigenvalue weighted by Gasteiger charge is -2.01. The van der Waals surface area contributed by atoms with Crippen molar-refractivity contribution in [1.29, 1.82) is 0 Å². The van der Waals surface area contributed by atoms with Crippen molar-refractivity contribution in [1.82, 2.24) is 9.97 Å². The van der Waals surface area contributed by atoms with Crippen LogP contribution >= 0.6 is 0 Å². The molecule has 150 valence electrons. The fraction of sp³-hybridized carbons (Fsp3) is 0.148. The second-order valence-corrected chi connectivity index (χ2v) is 7.22. The quantitative estimate of drug-likeness (QED) is 0.344. The normalized spacial score (nSPS) is 11.2. The Bertz CT molecular complexity index is 1080. The summed E-state index contributed by atoms with van der Waals surface area (Å²) in [7, 11) is 0. The molecule has 4 aromatic rings. The number of hydrogen-bond donors (Lipinski definition) is 1. The zero-order valence-corrected chi connectivity index (χ0v) is 17.3. The first-order valence-electron chi connectivity index (χ1n) is 10.4. The standard InChI is InChI=1S/C27H26N2O/c1-3-12-23-22(19-28-24(23)4-2)17-11-18-25-29-26(20-13-7-5-8-14-20)27(30-25)21-15-9-6-10-16-21/h3-10,12-16,19,28H,2,11,17-18H2,1H3/b12-3-. The number of nitrogens with one attached hydrogen (secondary N) is 1. The molecule has 3 heteroatoms. The van der Waals surface area contributed by atoms with Gasteiger partial charge in [0.2, 0.25) is 0 Å². The number of oxazole rings is 1. The highest BCUT2D eigenvalue weighted by atomic mass is 16.4. The summed E-state index contributed by atoms with van der Waals surface area (Å²) in [4.78, 5) is 8.17. The maximum Gasteiger partial charge on any atom is 0.195 e. The summed E-state index contributed by atoms with van der Waals surface area (Å²) in [6.45, 7) is 5.93. The smallest absolute Gasteiger partial charge is 0.195 e. The van der Waals surface area contributed by atoms with Crippen LogP contribution in [0.15, 0.2) is 83.9 Å². The number of allylic oxidation sites excluding steroid dienone is 1. The molecule has 4 rings (SSSR count). The van der Waals surface area contributed by atoms with E-state index in [4.69, 9.17) is 9.40 Å². The molecule has 0 amide bonds. The first-order chi connectivity index (χ1) is 14.8. The number of aromatic nitrogens is 2. The summed E-state index contributed by atoms with van der Waals surface area (Å²) in [5, 5.41) is 0. The van der Waals surface area contributed by atoms with Crippen molar-refractivity contribution in [2.45, 2.75) is 26.2 Å². The molecule has 2 heterocycles. The molecule has 0 aliphatic carbocycles. The number of hydrogen-bond acceptors (Lipinski definition) is 2. The predicted octanol–water partition coefficient (Wildman–Crippen LogP) is 7.19. The molecule has 0 atom stereocenters. The Labute approximate surface area is 177 Å². The van der Waals surface area contributed by atoms with Crippen LogP contribution in [0, 0.1) is 0 Å². The van der Waals surface area contributed by atoms with E-state index in [1.54, 1.807) is 0 Å². The van der Waals surface area contributed by atoms with Crippen molar-refractivity contribution < 1.29 is 4.42 Å². The molecule has 2 aromatic heterocycles. The van der Waals surface area contributed by atoms with Crippen molar-refractivity contribution in [2.75, 3.05) is 0 Å². The average Bonchev–Trinajstić information content (AvgIpc) is 3.40. The van der Waals surface area contributed by atoms with Crippen LogP contribution in [0.2, 0.25) is 0 Å². The Morgan fingerprint density at radius 3 is 2.33 bits per heavy atom. The zero-order valence-electron chi connectivity index (χ0n) is 17.3. The molecule has 2 aromatic carbocycles. The van der Waals surface area contributed by atoms with Gasteiger partial charge in [-0.3, -0.25) is 0 Å². The molecule has 3 nitrogen and oxygen atoms in total. The molecule has 1 N–H and O–H groups in total. The molecule has 0 unspecified atom stereocenters. The van der Waals surface area contributed by atoms with Gasteiger partial charge in [-0.1, -0.05) is 79.4 Å². The number of nitrogens with zero attached hydrogens (tertiary/aromatic N) is 1. The van der Waals surface area contributed by atoms with E-state index in [-0.39, 0.29) is 0 Å². The van der Waals surface area contributed by atoms with E-state index in [0.717, 1.165) is 53.4 Å². The van der Waals surface area contributed by atoms with Gasteiger partial charge in [-0.15, -0.1) is 0 Å². The van der Waals surface area contributed by atoms with E-state index < -0.39 is 0 Å². The van der Waals surface area contributed by atoms with Crippen LogP contribution in [-0.2, 0) is 12.8 Å². The minimum absolute atomic E-state index is 0.778. The van der Waals surface area contributed by atoms with Crippen LogP contribution in [0.1, 0.15) is 36.1 Å². The summed E-state index contributed by atoms with van der Waals surface area (Å²) in [6.07, 6.45) is 10.8. The van der Waals surface area contributed by atoms with E-state index >= 15 is 0 Å². The lowest BCUT2D eigenvalue weighted by atomic mass is 10.0. The van der Waals surface area contributed by atoms with E-state index in [0.29, 0.717) is 0 Å². The number of H-pyrrole nitrogens is 1. The highest BCUT2D eigenvalue weighted by Gasteiger charge is 2.17. The summed E-state index contributed by atoms with van der Waals surface area (Å²) >= 11 is 0. The van der Waals surface area contributed by atoms with Gasteiger partial charge in [0.15, 0.2) is 11.7 Å². The number of aryl methyl sites for hydroxylation is 2. The first kappa shape index (κ1) is 19.7. The molecule has 0 fully saturated rings. The third-order valence-electron chi connectivity index (χ3n) is 5.17. The Morgan fingerprint density at radius 2 is 1.67 bits per heavy atom. The molecule has 0 spiro atoms. The van der Waals surface area contributed by atoms with E-state index in [1.165, 1.54) is 11.1 Å². The van der Waals surface area contributed by atoms with Crippen molar-refractivity contribution in [2.24, 2.45) is 0 Å². The molecule has 0 saturated heterocycles. The second kappa shape index (κ2) is 9.27. The maximum atomic E-state index is 6.25. The van der Waals surface area contributed by atoms with Gasteiger partial charge >= 0.3 is 0 Å². The minimum Gasteiger partial charge on any atom is -0.440 e. The molecule has 0 radical (unpaired) electrons. The van der Waals surface area contributed by atoms with Gasteiger partial charge in [-0.05, 0) is 31.4 Å². The summed E-state index contributed by atoms with van der Waals surface area (Å²) in [5.74, 6) is 1.61. The Balaban J connectivity index is 1.56. The molecule has 0 saturated carbocycles. The number of aromatic amines is 1. The van der Waals surface area contributed by atoms with E-state index in [9.17, 15) is 0 Å². The summed E-state index contributed by atoms with van der Waals surface area (Å²) in [5.41, 5.74) is 6.60. The largest absolute Gasteiger partial charge is 0.440 e. The van der Waals surface area contributed by atoms with Crippen molar-refractivity contribution >= 4 is 12.2 Å². The lowest BCUT2D eigenvalue weighted by Crippen LogP contribution is -1.91. The van der Waals surface area contributed by atoms with Crippen LogP contribution in [0.3, 0.4) is 0 Å². The number of benzene rings is 2. The second-order valence-electron chi connectivity index (χ2n) is 7.22. The fourth-order valence-electron chi connectivity index (χ4n) is 3.71. The van der Waals surface area contributed by atoms with Gasteiger partial charge in [0.05, 0.1) is 0 Å². The molecule has 0 bridgehead atoms. The third-order valence-corrected chi connectivity index (χ3v) is 5.17. The zero-order chi connectivity index (χ0) is 20.8. The van der Waals surface area contributed by atoms with Crippen LogP contribution in [0.25, 0.3) is 34.7 Å². The lowest BCUT2D eigenvalue weighted by molar-refractivity contribution is 0.498. The van der Waals surface area contributed by atoms with Crippen LogP contribution in [0.4, 0.5) is 0 Å². The van der Waals surface area contributed by atoms with Crippen molar-refractivity contribution in [3.8, 4) is 22.6 Å². The highest BCUT2D eigenvalue weighted by molar-refractivity contribution is 5.76. The monoisotopic (exact) mass is 394 g/mol. The van der Waals surface area contributed by atoms with Gasteiger partial charge < -0.3 is 9.40 Å². The van der Waals surface area contributed by atoms with Crippen molar-refractivity contribution in [3.05, 3.63) is 102 Å². The van der Waals surface area contributed by atoms with E-state index in [2.05, 4.69) is 54.2 Å². The van der Waals surface area contributed by atoms with Gasteiger partial charge in [-0.25, -0.2) is 4.98 Å². The topological polar surface area (TPSA) is 41.8 Å². The van der Waals surface area contributed by atoms with Gasteiger partial charge in [0.25, 0.3) is 0 Å². The summed E-state index contributed by atoms with van der Waals surface area (Å²) < 4.78 is 6.25. The van der Waals surface area contributed by atoms with Crippen LogP contribution in [-0.4, -0.2) is 9.97 Å². The number of rotatable bonds is 8.